The summed E-state index contributed by atoms with van der Waals surface area (Å²) in [5.41, 5.74) is 3.94. The normalized spacial score (nSPS) is 14.2. The van der Waals surface area contributed by atoms with Gasteiger partial charge in [0.15, 0.2) is 5.16 Å². The zero-order valence-electron chi connectivity index (χ0n) is 22.3. The Morgan fingerprint density at radius 2 is 1.80 bits per heavy atom. The average molecular weight is 603 g/mol. The summed E-state index contributed by atoms with van der Waals surface area (Å²) < 4.78 is 7.11. The number of hydrogen-bond acceptors (Lipinski definition) is 8. The Bertz CT molecular complexity index is 1660. The number of hydrogen-bond donors (Lipinski definition) is 1. The fraction of sp³-hybridized carbons (Fsp3) is 0.167. The first-order valence-electron chi connectivity index (χ1n) is 12.7. The molecule has 208 valence electrons. The Labute approximate surface area is 251 Å². The maximum Gasteiger partial charge on any atom is 0.266 e. The van der Waals surface area contributed by atoms with E-state index in [4.69, 9.17) is 17.0 Å². The molecule has 41 heavy (non-hydrogen) atoms. The summed E-state index contributed by atoms with van der Waals surface area (Å²) >= 11 is 7.86. The van der Waals surface area contributed by atoms with Gasteiger partial charge in [-0.25, -0.2) is 4.98 Å². The molecule has 1 N–H and O–H groups in total. The number of methoxy groups -OCH3 is 1. The molecule has 1 fully saturated rings. The van der Waals surface area contributed by atoms with Crippen molar-refractivity contribution in [3.63, 3.8) is 0 Å². The minimum atomic E-state index is -0.242. The number of imidazole rings is 1. The van der Waals surface area contributed by atoms with Crippen LogP contribution in [0.2, 0.25) is 0 Å². The van der Waals surface area contributed by atoms with Crippen LogP contribution in [0.25, 0.3) is 17.1 Å². The first-order chi connectivity index (χ1) is 19.8. The van der Waals surface area contributed by atoms with Crippen molar-refractivity contribution in [2.24, 2.45) is 0 Å². The quantitative estimate of drug-likeness (QED) is 0.141. The standard InChI is InChI=1S/C30H26N4O4S3/c1-19-7-11-21(12-8-19)31-26(35)18-40-29-32-23-5-3-4-6-24(23)34(29)27(36)15-16-33-28(37)25(41-30(33)39)17-20-9-13-22(38-2)14-10-20/h3-14,17H,15-16,18H2,1-2H3,(H,31,35). The van der Waals surface area contributed by atoms with E-state index in [9.17, 15) is 14.4 Å². The summed E-state index contributed by atoms with van der Waals surface area (Å²) in [5.74, 6) is 0.126. The van der Waals surface area contributed by atoms with Gasteiger partial charge >= 0.3 is 0 Å². The number of aryl methyl sites for hydroxylation is 1. The van der Waals surface area contributed by atoms with Crippen LogP contribution < -0.4 is 10.1 Å². The number of fused-ring (bicyclic) bond motifs is 1. The van der Waals surface area contributed by atoms with Gasteiger partial charge in [-0.2, -0.15) is 0 Å². The van der Waals surface area contributed by atoms with Gasteiger partial charge in [0, 0.05) is 18.7 Å². The second kappa shape index (κ2) is 12.7. The lowest BCUT2D eigenvalue weighted by Crippen LogP contribution is -2.31. The summed E-state index contributed by atoms with van der Waals surface area (Å²) in [5, 5.41) is 3.28. The molecule has 1 aliphatic rings. The molecular weight excluding hydrogens is 577 g/mol. The van der Waals surface area contributed by atoms with Gasteiger partial charge in [0.05, 0.1) is 28.8 Å². The third kappa shape index (κ3) is 6.70. The van der Waals surface area contributed by atoms with Crippen molar-refractivity contribution >= 4 is 80.6 Å². The zero-order chi connectivity index (χ0) is 28.9. The SMILES string of the molecule is COc1ccc(C=C2SC(=S)N(CCC(=O)n3c(SCC(=O)Nc4ccc(C)cc4)nc4ccccc43)C2=O)cc1. The number of nitrogens with zero attached hydrogens (tertiary/aromatic N) is 3. The molecule has 0 bridgehead atoms. The number of para-hydroxylation sites is 2. The molecule has 11 heteroatoms. The Morgan fingerprint density at radius 3 is 2.54 bits per heavy atom. The average Bonchev–Trinajstić information content (AvgIpc) is 3.48. The highest BCUT2D eigenvalue weighted by Gasteiger charge is 2.32. The van der Waals surface area contributed by atoms with Gasteiger partial charge in [0.25, 0.3) is 5.91 Å². The Hall–Kier alpha value is -3.93. The molecule has 0 saturated carbocycles. The fourth-order valence-electron chi connectivity index (χ4n) is 4.17. The molecule has 1 aliphatic heterocycles. The van der Waals surface area contributed by atoms with Crippen molar-refractivity contribution in [1.82, 2.24) is 14.5 Å². The van der Waals surface area contributed by atoms with Crippen molar-refractivity contribution in [3.8, 4) is 5.75 Å². The van der Waals surface area contributed by atoms with E-state index >= 15 is 0 Å². The van der Waals surface area contributed by atoms with E-state index in [0.29, 0.717) is 31.1 Å². The van der Waals surface area contributed by atoms with Gasteiger partial charge in [-0.1, -0.05) is 77.7 Å². The van der Waals surface area contributed by atoms with Crippen LogP contribution in [0.15, 0.2) is 82.9 Å². The first-order valence-corrected chi connectivity index (χ1v) is 14.9. The molecule has 0 unspecified atom stereocenters. The second-order valence-electron chi connectivity index (χ2n) is 9.17. The number of rotatable bonds is 9. The molecule has 0 spiro atoms. The molecule has 4 aromatic rings. The van der Waals surface area contributed by atoms with Crippen molar-refractivity contribution < 1.29 is 19.1 Å². The van der Waals surface area contributed by atoms with Gasteiger partial charge in [0.1, 0.15) is 10.1 Å². The third-order valence-electron chi connectivity index (χ3n) is 6.28. The highest BCUT2D eigenvalue weighted by molar-refractivity contribution is 8.26. The predicted molar refractivity (Wildman–Crippen MR) is 168 cm³/mol. The van der Waals surface area contributed by atoms with Crippen LogP contribution in [-0.4, -0.2) is 55.9 Å². The number of carbonyl (C=O) groups is 3. The molecule has 1 aromatic heterocycles. The molecule has 5 rings (SSSR count). The smallest absolute Gasteiger partial charge is 0.266 e. The lowest BCUT2D eigenvalue weighted by molar-refractivity contribution is -0.122. The zero-order valence-corrected chi connectivity index (χ0v) is 24.8. The van der Waals surface area contributed by atoms with E-state index < -0.39 is 0 Å². The topological polar surface area (TPSA) is 93.5 Å². The summed E-state index contributed by atoms with van der Waals surface area (Å²) in [6.45, 7) is 2.11. The van der Waals surface area contributed by atoms with E-state index in [0.717, 1.165) is 16.9 Å². The first kappa shape index (κ1) is 28.6. The van der Waals surface area contributed by atoms with Crippen LogP contribution in [0.5, 0.6) is 5.75 Å². The van der Waals surface area contributed by atoms with E-state index in [2.05, 4.69) is 10.3 Å². The van der Waals surface area contributed by atoms with Crippen molar-refractivity contribution in [1.29, 1.82) is 0 Å². The number of ether oxygens (including phenoxy) is 1. The predicted octanol–water partition coefficient (Wildman–Crippen LogP) is 6.02. The second-order valence-corrected chi connectivity index (χ2v) is 11.8. The minimum absolute atomic E-state index is 0.0335. The molecular formula is C30H26N4O4S3. The number of thioether (sulfide) groups is 2. The number of nitrogens with one attached hydrogen (secondary N) is 1. The number of anilines is 1. The molecule has 0 aliphatic carbocycles. The van der Waals surface area contributed by atoms with Crippen LogP contribution in [0.4, 0.5) is 5.69 Å². The van der Waals surface area contributed by atoms with Crippen LogP contribution >= 0.6 is 35.7 Å². The molecule has 0 atom stereocenters. The molecule has 8 nitrogen and oxygen atoms in total. The van der Waals surface area contributed by atoms with Crippen LogP contribution in [0, 0.1) is 6.92 Å². The highest BCUT2D eigenvalue weighted by Crippen LogP contribution is 2.33. The van der Waals surface area contributed by atoms with Crippen LogP contribution in [-0.2, 0) is 9.59 Å². The lowest BCUT2D eigenvalue weighted by Gasteiger charge is -2.15. The Balaban J connectivity index is 1.27. The summed E-state index contributed by atoms with van der Waals surface area (Å²) in [6.07, 6.45) is 1.81. The number of thiocarbonyl (C=S) groups is 1. The number of benzene rings is 3. The van der Waals surface area contributed by atoms with Gasteiger partial charge in [-0.15, -0.1) is 0 Å². The number of aromatic nitrogens is 2. The molecule has 2 heterocycles. The maximum atomic E-state index is 13.5. The molecule has 3 aromatic carbocycles. The summed E-state index contributed by atoms with van der Waals surface area (Å²) in [6, 6.07) is 22.2. The largest absolute Gasteiger partial charge is 0.497 e. The van der Waals surface area contributed by atoms with E-state index in [1.165, 1.54) is 33.0 Å². The Kier molecular flexibility index (Phi) is 8.87. The van der Waals surface area contributed by atoms with Crippen molar-refractivity contribution in [2.45, 2.75) is 18.5 Å². The lowest BCUT2D eigenvalue weighted by atomic mass is 10.2. The molecule has 2 amide bonds. The maximum absolute atomic E-state index is 13.5. The summed E-state index contributed by atoms with van der Waals surface area (Å²) in [4.78, 5) is 45.8. The minimum Gasteiger partial charge on any atom is -0.497 e. The summed E-state index contributed by atoms with van der Waals surface area (Å²) in [7, 11) is 1.60. The molecule has 0 radical (unpaired) electrons. The van der Waals surface area contributed by atoms with Crippen molar-refractivity contribution in [2.75, 3.05) is 24.7 Å². The van der Waals surface area contributed by atoms with Crippen LogP contribution in [0.1, 0.15) is 22.3 Å². The number of amides is 2. The monoisotopic (exact) mass is 602 g/mol. The van der Waals surface area contributed by atoms with Gasteiger partial charge < -0.3 is 10.1 Å². The molecule has 1 saturated heterocycles. The van der Waals surface area contributed by atoms with Gasteiger partial charge in [-0.3, -0.25) is 23.9 Å². The van der Waals surface area contributed by atoms with Gasteiger partial charge in [-0.05, 0) is 55.0 Å². The van der Waals surface area contributed by atoms with E-state index in [1.54, 1.807) is 13.2 Å². The van der Waals surface area contributed by atoms with Crippen LogP contribution in [0.3, 0.4) is 0 Å². The number of carbonyl (C=O) groups excluding carboxylic acids is 3. The third-order valence-corrected chi connectivity index (χ3v) is 8.60. The van der Waals surface area contributed by atoms with E-state index in [-0.39, 0.29) is 36.4 Å². The Morgan fingerprint density at radius 1 is 1.07 bits per heavy atom. The van der Waals surface area contributed by atoms with E-state index in [1.807, 2.05) is 79.7 Å². The van der Waals surface area contributed by atoms with Gasteiger partial charge in [0.2, 0.25) is 11.8 Å². The highest BCUT2D eigenvalue weighted by atomic mass is 32.2. The fourth-order valence-corrected chi connectivity index (χ4v) is 6.30. The van der Waals surface area contributed by atoms with Crippen molar-refractivity contribution in [3.05, 3.63) is 88.8 Å².